The molecule has 0 atom stereocenters. The van der Waals surface area contributed by atoms with Crippen LogP contribution in [-0.2, 0) is 17.6 Å². The molecule has 1 N–H and O–H groups in total. The molecule has 0 aliphatic carbocycles. The highest BCUT2D eigenvalue weighted by atomic mass is 35.5. The fraction of sp³-hybridized carbons (Fsp3) is 0.409. The van der Waals surface area contributed by atoms with Crippen LogP contribution in [0.15, 0.2) is 42.5 Å². The molecular formula is C22H28ClN3O. The molecule has 144 valence electrons. The van der Waals surface area contributed by atoms with Crippen molar-refractivity contribution in [2.75, 3.05) is 42.9 Å². The van der Waals surface area contributed by atoms with Crippen LogP contribution in [0.2, 0.25) is 5.02 Å². The Morgan fingerprint density at radius 1 is 0.963 bits per heavy atom. The largest absolute Gasteiger partial charge is 0.368 e. The van der Waals surface area contributed by atoms with Gasteiger partial charge in [0.15, 0.2) is 0 Å². The van der Waals surface area contributed by atoms with Gasteiger partial charge in [0.1, 0.15) is 0 Å². The third kappa shape index (κ3) is 4.82. The average Bonchev–Trinajstić information content (AvgIpc) is 2.69. The van der Waals surface area contributed by atoms with Crippen molar-refractivity contribution >= 4 is 28.9 Å². The van der Waals surface area contributed by atoms with Crippen LogP contribution in [-0.4, -0.2) is 43.5 Å². The maximum absolute atomic E-state index is 12.6. The predicted octanol–water partition coefficient (Wildman–Crippen LogP) is 4.23. The first-order valence-electron chi connectivity index (χ1n) is 9.74. The lowest BCUT2D eigenvalue weighted by molar-refractivity contribution is -0.117. The Hall–Kier alpha value is -2.04. The van der Waals surface area contributed by atoms with E-state index in [4.69, 9.17) is 11.6 Å². The molecule has 0 spiro atoms. The number of para-hydroxylation sites is 2. The monoisotopic (exact) mass is 385 g/mol. The third-order valence-electron chi connectivity index (χ3n) is 5.20. The van der Waals surface area contributed by atoms with Crippen molar-refractivity contribution < 1.29 is 4.79 Å². The van der Waals surface area contributed by atoms with E-state index in [-0.39, 0.29) is 5.91 Å². The van der Waals surface area contributed by atoms with E-state index in [1.54, 1.807) is 0 Å². The van der Waals surface area contributed by atoms with E-state index in [0.29, 0.717) is 6.54 Å². The lowest BCUT2D eigenvalue weighted by Gasteiger charge is -2.36. The minimum Gasteiger partial charge on any atom is -0.368 e. The van der Waals surface area contributed by atoms with Crippen molar-refractivity contribution in [3.8, 4) is 0 Å². The summed E-state index contributed by atoms with van der Waals surface area (Å²) in [6, 6.07) is 14.2. The Morgan fingerprint density at radius 3 is 2.19 bits per heavy atom. The van der Waals surface area contributed by atoms with E-state index in [1.165, 1.54) is 11.1 Å². The van der Waals surface area contributed by atoms with E-state index in [2.05, 4.69) is 53.2 Å². The minimum atomic E-state index is 0.0665. The Balaban J connectivity index is 1.57. The van der Waals surface area contributed by atoms with Crippen LogP contribution in [0.3, 0.4) is 0 Å². The third-order valence-corrected chi connectivity index (χ3v) is 5.52. The zero-order valence-corrected chi connectivity index (χ0v) is 16.9. The normalized spacial score (nSPS) is 15.0. The van der Waals surface area contributed by atoms with E-state index >= 15 is 0 Å². The summed E-state index contributed by atoms with van der Waals surface area (Å²) in [5.41, 5.74) is 4.48. The smallest absolute Gasteiger partial charge is 0.238 e. The first kappa shape index (κ1) is 19.7. The standard InChI is InChI=1S/C22H28ClN3O/c1-3-17-8-7-9-18(4-2)22(17)24-21(27)16-25-12-14-26(15-13-25)20-11-6-5-10-19(20)23/h5-11H,3-4,12-16H2,1-2H3,(H,24,27). The van der Waals surface area contributed by atoms with Gasteiger partial charge in [0.05, 0.1) is 17.3 Å². The van der Waals surface area contributed by atoms with Gasteiger partial charge in [-0.25, -0.2) is 0 Å². The van der Waals surface area contributed by atoms with Crippen LogP contribution < -0.4 is 10.2 Å². The van der Waals surface area contributed by atoms with Crippen molar-refractivity contribution in [1.29, 1.82) is 0 Å². The lowest BCUT2D eigenvalue weighted by Crippen LogP contribution is -2.48. The highest BCUT2D eigenvalue weighted by Gasteiger charge is 2.21. The number of carbonyl (C=O) groups excluding carboxylic acids is 1. The van der Waals surface area contributed by atoms with Gasteiger partial charge in [-0.1, -0.05) is 55.8 Å². The second-order valence-corrected chi connectivity index (χ2v) is 7.33. The molecule has 3 rings (SSSR count). The first-order chi connectivity index (χ1) is 13.1. The van der Waals surface area contributed by atoms with E-state index in [9.17, 15) is 4.79 Å². The Bertz CT molecular complexity index is 763. The van der Waals surface area contributed by atoms with Gasteiger partial charge in [-0.05, 0) is 36.1 Å². The quantitative estimate of drug-likeness (QED) is 0.808. The van der Waals surface area contributed by atoms with Crippen molar-refractivity contribution in [2.45, 2.75) is 26.7 Å². The molecule has 1 fully saturated rings. The van der Waals surface area contributed by atoms with Crippen LogP contribution in [0.5, 0.6) is 0 Å². The molecule has 0 aromatic heterocycles. The fourth-order valence-corrected chi connectivity index (χ4v) is 3.90. The Morgan fingerprint density at radius 2 is 1.59 bits per heavy atom. The molecule has 1 aliphatic rings. The van der Waals surface area contributed by atoms with Crippen LogP contribution in [0, 0.1) is 0 Å². The van der Waals surface area contributed by atoms with Gasteiger partial charge in [-0.3, -0.25) is 9.69 Å². The molecule has 27 heavy (non-hydrogen) atoms. The van der Waals surface area contributed by atoms with E-state index < -0.39 is 0 Å². The molecule has 1 amide bonds. The van der Waals surface area contributed by atoms with Crippen molar-refractivity contribution in [3.05, 3.63) is 58.6 Å². The molecule has 0 unspecified atom stereocenters. The summed E-state index contributed by atoms with van der Waals surface area (Å²) in [7, 11) is 0. The molecular weight excluding hydrogens is 358 g/mol. The topological polar surface area (TPSA) is 35.6 Å². The number of benzene rings is 2. The van der Waals surface area contributed by atoms with Gasteiger partial charge in [-0.2, -0.15) is 0 Å². The highest BCUT2D eigenvalue weighted by molar-refractivity contribution is 6.33. The predicted molar refractivity (Wildman–Crippen MR) is 114 cm³/mol. The fourth-order valence-electron chi connectivity index (χ4n) is 3.64. The van der Waals surface area contributed by atoms with Gasteiger partial charge < -0.3 is 10.2 Å². The van der Waals surface area contributed by atoms with Gasteiger partial charge in [0.2, 0.25) is 5.91 Å². The Labute approximate surface area is 167 Å². The Kier molecular flexibility index (Phi) is 6.75. The molecule has 2 aromatic carbocycles. The van der Waals surface area contributed by atoms with E-state index in [1.807, 2.05) is 18.2 Å². The molecule has 4 nitrogen and oxygen atoms in total. The molecule has 0 bridgehead atoms. The van der Waals surface area contributed by atoms with Crippen molar-refractivity contribution in [2.24, 2.45) is 0 Å². The molecule has 0 radical (unpaired) electrons. The zero-order chi connectivity index (χ0) is 19.2. The van der Waals surface area contributed by atoms with Gasteiger partial charge in [-0.15, -0.1) is 0 Å². The summed E-state index contributed by atoms with van der Waals surface area (Å²) in [5, 5.41) is 3.95. The molecule has 1 aliphatic heterocycles. The maximum atomic E-state index is 12.6. The number of piperazine rings is 1. The number of rotatable bonds is 6. The van der Waals surface area contributed by atoms with Crippen LogP contribution in [0.1, 0.15) is 25.0 Å². The molecule has 5 heteroatoms. The number of amides is 1. The van der Waals surface area contributed by atoms with Crippen LogP contribution >= 0.6 is 11.6 Å². The summed E-state index contributed by atoms with van der Waals surface area (Å²) in [4.78, 5) is 17.1. The number of halogens is 1. The van der Waals surface area contributed by atoms with Crippen molar-refractivity contribution in [3.63, 3.8) is 0 Å². The summed E-state index contributed by atoms with van der Waals surface area (Å²) >= 11 is 6.31. The molecule has 1 saturated heterocycles. The molecule has 2 aromatic rings. The van der Waals surface area contributed by atoms with Crippen LogP contribution in [0.4, 0.5) is 11.4 Å². The van der Waals surface area contributed by atoms with E-state index in [0.717, 1.165) is 55.4 Å². The summed E-state index contributed by atoms with van der Waals surface area (Å²) in [6.45, 7) is 8.14. The summed E-state index contributed by atoms with van der Waals surface area (Å²) < 4.78 is 0. The number of nitrogens with one attached hydrogen (secondary N) is 1. The zero-order valence-electron chi connectivity index (χ0n) is 16.2. The number of hydrogen-bond acceptors (Lipinski definition) is 3. The summed E-state index contributed by atoms with van der Waals surface area (Å²) in [5.74, 6) is 0.0665. The average molecular weight is 386 g/mol. The molecule has 0 saturated carbocycles. The second-order valence-electron chi connectivity index (χ2n) is 6.92. The van der Waals surface area contributed by atoms with Gasteiger partial charge in [0, 0.05) is 31.9 Å². The number of aryl methyl sites for hydroxylation is 2. The lowest BCUT2D eigenvalue weighted by atomic mass is 10.0. The minimum absolute atomic E-state index is 0.0665. The second kappa shape index (κ2) is 9.25. The number of anilines is 2. The maximum Gasteiger partial charge on any atom is 0.238 e. The number of carbonyl (C=O) groups is 1. The van der Waals surface area contributed by atoms with Crippen molar-refractivity contribution in [1.82, 2.24) is 4.90 Å². The SMILES string of the molecule is CCc1cccc(CC)c1NC(=O)CN1CCN(c2ccccc2Cl)CC1. The number of hydrogen-bond donors (Lipinski definition) is 1. The highest BCUT2D eigenvalue weighted by Crippen LogP contribution is 2.26. The summed E-state index contributed by atoms with van der Waals surface area (Å²) in [6.07, 6.45) is 1.83. The van der Waals surface area contributed by atoms with Gasteiger partial charge in [0.25, 0.3) is 0 Å². The first-order valence-corrected chi connectivity index (χ1v) is 10.1. The molecule has 1 heterocycles. The number of nitrogens with zero attached hydrogens (tertiary/aromatic N) is 2. The van der Waals surface area contributed by atoms with Crippen LogP contribution in [0.25, 0.3) is 0 Å². The van der Waals surface area contributed by atoms with Gasteiger partial charge >= 0.3 is 0 Å².